The molecule has 9 heteroatoms. The van der Waals surface area contributed by atoms with Gasteiger partial charge in [-0.2, -0.15) is 13.2 Å². The highest BCUT2D eigenvalue weighted by atomic mass is 19.4. The van der Waals surface area contributed by atoms with Gasteiger partial charge in [-0.15, -0.1) is 0 Å². The Morgan fingerprint density at radius 2 is 2.15 bits per heavy atom. The van der Waals surface area contributed by atoms with Gasteiger partial charge in [0.05, 0.1) is 17.7 Å². The molecule has 1 saturated heterocycles. The highest BCUT2D eigenvalue weighted by Crippen LogP contribution is 2.29. The Labute approximate surface area is 148 Å². The van der Waals surface area contributed by atoms with Crippen molar-refractivity contribution in [1.29, 1.82) is 0 Å². The van der Waals surface area contributed by atoms with Gasteiger partial charge >= 0.3 is 6.18 Å². The van der Waals surface area contributed by atoms with Gasteiger partial charge in [0.15, 0.2) is 0 Å². The van der Waals surface area contributed by atoms with Gasteiger partial charge in [0.25, 0.3) is 0 Å². The summed E-state index contributed by atoms with van der Waals surface area (Å²) in [5.41, 5.74) is 0.700. The second kappa shape index (κ2) is 6.97. The summed E-state index contributed by atoms with van der Waals surface area (Å²) in [6.07, 6.45) is -2.67. The average Bonchev–Trinajstić information content (AvgIpc) is 3.16. The van der Waals surface area contributed by atoms with E-state index in [-0.39, 0.29) is 18.4 Å². The first kappa shape index (κ1) is 18.2. The molecule has 0 radical (unpaired) electrons. The molecule has 1 unspecified atom stereocenters. The summed E-state index contributed by atoms with van der Waals surface area (Å²) in [7, 11) is 0. The number of aryl methyl sites for hydroxylation is 2. The molecule has 1 N–H and O–H groups in total. The lowest BCUT2D eigenvalue weighted by atomic mass is 10.1. The van der Waals surface area contributed by atoms with Crippen LogP contribution in [0.3, 0.4) is 0 Å². The summed E-state index contributed by atoms with van der Waals surface area (Å²) in [4.78, 5) is 18.0. The SMILES string of the molecule is Cc1noc(C)c1CC(=O)NC1CCN(c2ccc(C(F)(F)F)cn2)C1. The van der Waals surface area contributed by atoms with Crippen molar-refractivity contribution in [3.8, 4) is 0 Å². The van der Waals surface area contributed by atoms with Crippen molar-refractivity contribution in [1.82, 2.24) is 15.5 Å². The third kappa shape index (κ3) is 3.97. The van der Waals surface area contributed by atoms with Gasteiger partial charge in [0.1, 0.15) is 11.6 Å². The zero-order valence-electron chi connectivity index (χ0n) is 14.4. The molecule has 1 aliphatic rings. The number of carbonyl (C=O) groups excluding carboxylic acids is 1. The molecule has 1 atom stereocenters. The molecule has 0 spiro atoms. The van der Waals surface area contributed by atoms with Gasteiger partial charge in [-0.25, -0.2) is 4.98 Å². The summed E-state index contributed by atoms with van der Waals surface area (Å²) < 4.78 is 42.9. The van der Waals surface area contributed by atoms with Crippen LogP contribution in [0.2, 0.25) is 0 Å². The third-order valence-electron chi connectivity index (χ3n) is 4.47. The largest absolute Gasteiger partial charge is 0.417 e. The van der Waals surface area contributed by atoms with Crippen LogP contribution >= 0.6 is 0 Å². The minimum atomic E-state index is -4.40. The number of carbonyl (C=O) groups is 1. The van der Waals surface area contributed by atoms with Gasteiger partial charge in [-0.1, -0.05) is 5.16 Å². The molecular weight excluding hydrogens is 349 g/mol. The molecule has 140 valence electrons. The molecule has 0 saturated carbocycles. The minimum Gasteiger partial charge on any atom is -0.361 e. The standard InChI is InChI=1S/C17H19F3N4O2/c1-10-14(11(2)26-23-10)7-16(25)22-13-5-6-24(9-13)15-4-3-12(8-21-15)17(18,19)20/h3-4,8,13H,5-7,9H2,1-2H3,(H,22,25). The number of hydrogen-bond donors (Lipinski definition) is 1. The van der Waals surface area contributed by atoms with Crippen LogP contribution < -0.4 is 10.2 Å². The van der Waals surface area contributed by atoms with E-state index in [4.69, 9.17) is 4.52 Å². The van der Waals surface area contributed by atoms with Crippen molar-refractivity contribution >= 4 is 11.7 Å². The molecule has 0 aliphatic carbocycles. The second-order valence-corrected chi connectivity index (χ2v) is 6.38. The number of pyridine rings is 1. The monoisotopic (exact) mass is 368 g/mol. The summed E-state index contributed by atoms with van der Waals surface area (Å²) in [6.45, 7) is 4.67. The van der Waals surface area contributed by atoms with Gasteiger partial charge in [0.2, 0.25) is 5.91 Å². The molecule has 1 amide bonds. The minimum absolute atomic E-state index is 0.0768. The molecule has 1 fully saturated rings. The predicted molar refractivity (Wildman–Crippen MR) is 87.7 cm³/mol. The van der Waals surface area contributed by atoms with Crippen molar-refractivity contribution in [2.24, 2.45) is 0 Å². The lowest BCUT2D eigenvalue weighted by Gasteiger charge is -2.18. The number of amides is 1. The molecule has 1 aliphatic heterocycles. The van der Waals surface area contributed by atoms with Crippen LogP contribution in [0.1, 0.15) is 29.0 Å². The molecule has 2 aromatic rings. The molecule has 3 rings (SSSR count). The van der Waals surface area contributed by atoms with Crippen LogP contribution in [0, 0.1) is 13.8 Å². The van der Waals surface area contributed by atoms with Crippen molar-refractivity contribution in [3.05, 3.63) is 40.9 Å². The van der Waals surface area contributed by atoms with E-state index in [0.717, 1.165) is 17.8 Å². The zero-order chi connectivity index (χ0) is 18.9. The summed E-state index contributed by atoms with van der Waals surface area (Å²) in [5, 5.41) is 6.77. The third-order valence-corrected chi connectivity index (χ3v) is 4.47. The first-order valence-corrected chi connectivity index (χ1v) is 8.23. The molecule has 6 nitrogen and oxygen atoms in total. The zero-order valence-corrected chi connectivity index (χ0v) is 14.4. The Bertz CT molecular complexity index is 767. The summed E-state index contributed by atoms with van der Waals surface area (Å²) >= 11 is 0. The number of halogens is 3. The van der Waals surface area contributed by atoms with E-state index in [0.29, 0.717) is 36.8 Å². The average molecular weight is 368 g/mol. The summed E-state index contributed by atoms with van der Waals surface area (Å²) in [5.74, 6) is 0.965. The lowest BCUT2D eigenvalue weighted by Crippen LogP contribution is -2.38. The Kier molecular flexibility index (Phi) is 4.88. The molecule has 3 heterocycles. The highest BCUT2D eigenvalue weighted by Gasteiger charge is 2.31. The maximum absolute atomic E-state index is 12.6. The fourth-order valence-electron chi connectivity index (χ4n) is 3.02. The van der Waals surface area contributed by atoms with Crippen molar-refractivity contribution in [3.63, 3.8) is 0 Å². The first-order chi connectivity index (χ1) is 12.2. The smallest absolute Gasteiger partial charge is 0.361 e. The van der Waals surface area contributed by atoms with Gasteiger partial charge < -0.3 is 14.7 Å². The highest BCUT2D eigenvalue weighted by molar-refractivity contribution is 5.79. The van der Waals surface area contributed by atoms with Crippen molar-refractivity contribution in [2.45, 2.75) is 38.9 Å². The van der Waals surface area contributed by atoms with E-state index >= 15 is 0 Å². The summed E-state index contributed by atoms with van der Waals surface area (Å²) in [6, 6.07) is 2.30. The number of anilines is 1. The quantitative estimate of drug-likeness (QED) is 0.898. The Hall–Kier alpha value is -2.58. The van der Waals surface area contributed by atoms with Crippen LogP contribution in [-0.4, -0.2) is 35.2 Å². The van der Waals surface area contributed by atoms with E-state index in [1.54, 1.807) is 13.8 Å². The van der Waals surface area contributed by atoms with E-state index in [1.165, 1.54) is 6.07 Å². The normalized spacial score (nSPS) is 17.6. The molecule has 0 bridgehead atoms. The number of rotatable bonds is 4. The van der Waals surface area contributed by atoms with Crippen molar-refractivity contribution in [2.75, 3.05) is 18.0 Å². The maximum atomic E-state index is 12.6. The number of alkyl halides is 3. The second-order valence-electron chi connectivity index (χ2n) is 6.38. The molecule has 0 aromatic carbocycles. The van der Waals surface area contributed by atoms with E-state index < -0.39 is 11.7 Å². The van der Waals surface area contributed by atoms with Crippen LogP contribution in [-0.2, 0) is 17.4 Å². The maximum Gasteiger partial charge on any atom is 0.417 e. The van der Waals surface area contributed by atoms with Crippen LogP contribution in [0.5, 0.6) is 0 Å². The fourth-order valence-corrected chi connectivity index (χ4v) is 3.02. The topological polar surface area (TPSA) is 71.3 Å². The van der Waals surface area contributed by atoms with Gasteiger partial charge in [-0.3, -0.25) is 4.79 Å². The van der Waals surface area contributed by atoms with E-state index in [2.05, 4.69) is 15.5 Å². The molecule has 26 heavy (non-hydrogen) atoms. The van der Waals surface area contributed by atoms with Crippen molar-refractivity contribution < 1.29 is 22.5 Å². The number of aromatic nitrogens is 2. The number of nitrogens with one attached hydrogen (secondary N) is 1. The molecular formula is C17H19F3N4O2. The van der Waals surface area contributed by atoms with Crippen LogP contribution in [0.15, 0.2) is 22.9 Å². The van der Waals surface area contributed by atoms with Gasteiger partial charge in [-0.05, 0) is 32.4 Å². The number of hydrogen-bond acceptors (Lipinski definition) is 5. The Morgan fingerprint density at radius 3 is 2.73 bits per heavy atom. The Morgan fingerprint density at radius 1 is 1.38 bits per heavy atom. The van der Waals surface area contributed by atoms with Crippen LogP contribution in [0.25, 0.3) is 0 Å². The van der Waals surface area contributed by atoms with Gasteiger partial charge in [0, 0.05) is 30.9 Å². The fraction of sp³-hybridized carbons (Fsp3) is 0.471. The van der Waals surface area contributed by atoms with E-state index in [9.17, 15) is 18.0 Å². The van der Waals surface area contributed by atoms with Crippen LogP contribution in [0.4, 0.5) is 19.0 Å². The number of nitrogens with zero attached hydrogens (tertiary/aromatic N) is 3. The van der Waals surface area contributed by atoms with E-state index in [1.807, 2.05) is 4.90 Å². The first-order valence-electron chi connectivity index (χ1n) is 8.23. The lowest BCUT2D eigenvalue weighted by molar-refractivity contribution is -0.137. The predicted octanol–water partition coefficient (Wildman–Crippen LogP) is 2.64. The molecule has 2 aromatic heterocycles. The Balaban J connectivity index is 1.56.